The summed E-state index contributed by atoms with van der Waals surface area (Å²) in [5.41, 5.74) is 4.18. The second-order valence-electron chi connectivity index (χ2n) is 6.64. The first-order valence-corrected chi connectivity index (χ1v) is 9.48. The molecule has 6 nitrogen and oxygen atoms in total. The molecule has 0 saturated carbocycles. The van der Waals surface area contributed by atoms with Crippen LogP contribution >= 0.6 is 0 Å². The standard InChI is InChI=1S/C17H24N4O2S/c1-13-6-5-7-14(10-13)24(22,23)21-9-8-15-16(11-19(2)3)18-20(4)17(15)12-21/h5-7,10H,8-9,11-12H2,1-4H3. The molecular formula is C17H24N4O2S. The third kappa shape index (κ3) is 3.11. The van der Waals surface area contributed by atoms with Gasteiger partial charge < -0.3 is 4.90 Å². The monoisotopic (exact) mass is 348 g/mol. The molecule has 2 aromatic rings. The summed E-state index contributed by atoms with van der Waals surface area (Å²) in [6.07, 6.45) is 0.706. The van der Waals surface area contributed by atoms with Crippen LogP contribution in [0.15, 0.2) is 29.2 Å². The van der Waals surface area contributed by atoms with E-state index < -0.39 is 10.0 Å². The summed E-state index contributed by atoms with van der Waals surface area (Å²) < 4.78 is 29.3. The van der Waals surface area contributed by atoms with Gasteiger partial charge in [0.15, 0.2) is 0 Å². The maximum absolute atomic E-state index is 12.9. The van der Waals surface area contributed by atoms with Gasteiger partial charge in [0.05, 0.1) is 22.8 Å². The van der Waals surface area contributed by atoms with E-state index in [4.69, 9.17) is 0 Å². The van der Waals surface area contributed by atoms with Crippen molar-refractivity contribution in [3.05, 3.63) is 46.8 Å². The van der Waals surface area contributed by atoms with Crippen molar-refractivity contribution in [2.24, 2.45) is 7.05 Å². The summed E-state index contributed by atoms with van der Waals surface area (Å²) in [4.78, 5) is 2.44. The molecule has 0 saturated heterocycles. The van der Waals surface area contributed by atoms with Gasteiger partial charge in [0.25, 0.3) is 0 Å². The van der Waals surface area contributed by atoms with Crippen LogP contribution in [-0.2, 0) is 36.6 Å². The molecule has 1 aliphatic heterocycles. The van der Waals surface area contributed by atoms with Gasteiger partial charge in [0, 0.05) is 25.7 Å². The Balaban J connectivity index is 1.91. The molecule has 24 heavy (non-hydrogen) atoms. The quantitative estimate of drug-likeness (QED) is 0.841. The zero-order valence-electron chi connectivity index (χ0n) is 14.7. The Morgan fingerprint density at radius 2 is 2.04 bits per heavy atom. The van der Waals surface area contributed by atoms with E-state index in [2.05, 4.69) is 10.00 Å². The van der Waals surface area contributed by atoms with E-state index in [0.717, 1.165) is 23.5 Å². The molecular weight excluding hydrogens is 324 g/mol. The largest absolute Gasteiger partial charge is 0.303 e. The molecule has 1 aromatic heterocycles. The molecule has 0 atom stereocenters. The highest BCUT2D eigenvalue weighted by atomic mass is 32.2. The maximum Gasteiger partial charge on any atom is 0.243 e. The summed E-state index contributed by atoms with van der Waals surface area (Å²) in [6.45, 7) is 3.55. The first-order chi connectivity index (χ1) is 11.3. The maximum atomic E-state index is 12.9. The average molecular weight is 348 g/mol. The molecule has 0 unspecified atom stereocenters. The van der Waals surface area contributed by atoms with Gasteiger partial charge >= 0.3 is 0 Å². The van der Waals surface area contributed by atoms with Crippen LogP contribution in [0, 0.1) is 6.92 Å². The Hall–Kier alpha value is -1.70. The number of sulfonamides is 1. The zero-order chi connectivity index (χ0) is 17.5. The molecule has 3 rings (SSSR count). The van der Waals surface area contributed by atoms with Crippen LogP contribution in [0.4, 0.5) is 0 Å². The highest BCUT2D eigenvalue weighted by molar-refractivity contribution is 7.89. The van der Waals surface area contributed by atoms with Crippen molar-refractivity contribution in [1.29, 1.82) is 0 Å². The molecule has 1 aromatic carbocycles. The Kier molecular flexibility index (Phi) is 4.50. The van der Waals surface area contributed by atoms with E-state index in [1.807, 2.05) is 38.8 Å². The van der Waals surface area contributed by atoms with Crippen molar-refractivity contribution in [2.75, 3.05) is 20.6 Å². The minimum absolute atomic E-state index is 0.363. The fourth-order valence-corrected chi connectivity index (χ4v) is 4.70. The lowest BCUT2D eigenvalue weighted by atomic mass is 10.1. The van der Waals surface area contributed by atoms with Gasteiger partial charge in [-0.25, -0.2) is 8.42 Å². The topological polar surface area (TPSA) is 58.4 Å². The van der Waals surface area contributed by atoms with Crippen molar-refractivity contribution in [3.8, 4) is 0 Å². The fourth-order valence-electron chi connectivity index (χ4n) is 3.19. The highest BCUT2D eigenvalue weighted by Gasteiger charge is 2.31. The van der Waals surface area contributed by atoms with Crippen LogP contribution in [-0.4, -0.2) is 48.0 Å². The van der Waals surface area contributed by atoms with Gasteiger partial charge in [-0.2, -0.15) is 9.40 Å². The molecule has 0 radical (unpaired) electrons. The molecule has 0 spiro atoms. The second-order valence-corrected chi connectivity index (χ2v) is 8.58. The predicted octanol–water partition coefficient (Wildman–Crippen LogP) is 1.54. The first-order valence-electron chi connectivity index (χ1n) is 8.04. The molecule has 130 valence electrons. The van der Waals surface area contributed by atoms with Crippen molar-refractivity contribution >= 4 is 10.0 Å². The number of hydrogen-bond acceptors (Lipinski definition) is 4. The molecule has 0 amide bonds. The summed E-state index contributed by atoms with van der Waals surface area (Å²) in [6, 6.07) is 7.09. The van der Waals surface area contributed by atoms with Crippen LogP contribution < -0.4 is 0 Å². The van der Waals surface area contributed by atoms with Gasteiger partial charge in [-0.15, -0.1) is 0 Å². The van der Waals surface area contributed by atoms with Crippen LogP contribution in [0.5, 0.6) is 0 Å². The number of aryl methyl sites for hydroxylation is 2. The van der Waals surface area contributed by atoms with Gasteiger partial charge in [-0.05, 0) is 45.1 Å². The Morgan fingerprint density at radius 1 is 1.29 bits per heavy atom. The lowest BCUT2D eigenvalue weighted by molar-refractivity contribution is 0.376. The highest BCUT2D eigenvalue weighted by Crippen LogP contribution is 2.27. The Bertz CT molecular complexity index is 855. The summed E-state index contributed by atoms with van der Waals surface area (Å²) in [7, 11) is 2.44. The molecule has 1 aliphatic rings. The molecule has 7 heteroatoms. The number of rotatable bonds is 4. The summed E-state index contributed by atoms with van der Waals surface area (Å²) >= 11 is 0. The van der Waals surface area contributed by atoms with E-state index in [0.29, 0.717) is 24.4 Å². The van der Waals surface area contributed by atoms with Gasteiger partial charge in [0.1, 0.15) is 0 Å². The van der Waals surface area contributed by atoms with Crippen molar-refractivity contribution < 1.29 is 8.42 Å². The molecule has 2 heterocycles. The predicted molar refractivity (Wildman–Crippen MR) is 93.1 cm³/mol. The van der Waals surface area contributed by atoms with Gasteiger partial charge in [0.2, 0.25) is 10.0 Å². The van der Waals surface area contributed by atoms with Crippen LogP contribution in [0.1, 0.15) is 22.5 Å². The number of fused-ring (bicyclic) bond motifs is 1. The van der Waals surface area contributed by atoms with E-state index in [-0.39, 0.29) is 0 Å². The summed E-state index contributed by atoms with van der Waals surface area (Å²) in [5, 5.41) is 4.59. The number of benzene rings is 1. The molecule has 0 fully saturated rings. The smallest absolute Gasteiger partial charge is 0.243 e. The van der Waals surface area contributed by atoms with Crippen molar-refractivity contribution in [1.82, 2.24) is 19.0 Å². The summed E-state index contributed by atoms with van der Waals surface area (Å²) in [5.74, 6) is 0. The third-order valence-corrected chi connectivity index (χ3v) is 6.23. The Morgan fingerprint density at radius 3 is 2.71 bits per heavy atom. The number of hydrogen-bond donors (Lipinski definition) is 0. The van der Waals surface area contributed by atoms with E-state index in [9.17, 15) is 8.42 Å². The normalized spacial score (nSPS) is 15.7. The van der Waals surface area contributed by atoms with E-state index >= 15 is 0 Å². The first kappa shape index (κ1) is 17.1. The Labute approximate surface area is 143 Å². The third-order valence-electron chi connectivity index (χ3n) is 4.39. The SMILES string of the molecule is Cc1cccc(S(=O)(=O)N2CCc3c(CN(C)C)nn(C)c3C2)c1. The zero-order valence-corrected chi connectivity index (χ0v) is 15.5. The fraction of sp³-hybridized carbons (Fsp3) is 0.471. The minimum Gasteiger partial charge on any atom is -0.303 e. The number of aromatic nitrogens is 2. The molecule has 0 aliphatic carbocycles. The molecule has 0 bridgehead atoms. The van der Waals surface area contributed by atoms with Crippen LogP contribution in [0.25, 0.3) is 0 Å². The van der Waals surface area contributed by atoms with Crippen molar-refractivity contribution in [3.63, 3.8) is 0 Å². The van der Waals surface area contributed by atoms with Crippen molar-refractivity contribution in [2.45, 2.75) is 31.3 Å². The van der Waals surface area contributed by atoms with Gasteiger partial charge in [-0.1, -0.05) is 12.1 Å². The van der Waals surface area contributed by atoms with E-state index in [1.165, 1.54) is 5.56 Å². The number of nitrogens with zero attached hydrogens (tertiary/aromatic N) is 4. The minimum atomic E-state index is -3.48. The lowest BCUT2D eigenvalue weighted by Crippen LogP contribution is -2.36. The lowest BCUT2D eigenvalue weighted by Gasteiger charge is -2.27. The second kappa shape index (κ2) is 6.31. The van der Waals surface area contributed by atoms with E-state index in [1.54, 1.807) is 22.5 Å². The van der Waals surface area contributed by atoms with Crippen LogP contribution in [0.3, 0.4) is 0 Å². The van der Waals surface area contributed by atoms with Crippen LogP contribution in [0.2, 0.25) is 0 Å². The molecule has 0 N–H and O–H groups in total. The van der Waals surface area contributed by atoms with Gasteiger partial charge in [-0.3, -0.25) is 4.68 Å². The average Bonchev–Trinajstić information content (AvgIpc) is 2.82.